The van der Waals surface area contributed by atoms with E-state index in [4.69, 9.17) is 5.21 Å². The molecule has 1 aromatic carbocycles. The van der Waals surface area contributed by atoms with Crippen molar-refractivity contribution in [3.63, 3.8) is 0 Å². The van der Waals surface area contributed by atoms with Crippen LogP contribution in [0.2, 0.25) is 0 Å². The Hall–Kier alpha value is -3.65. The van der Waals surface area contributed by atoms with Gasteiger partial charge in [0.25, 0.3) is 5.91 Å². The summed E-state index contributed by atoms with van der Waals surface area (Å²) < 4.78 is 29.3. The van der Waals surface area contributed by atoms with Gasteiger partial charge in [0.1, 0.15) is 16.0 Å². The highest BCUT2D eigenvalue weighted by Crippen LogP contribution is 2.30. The van der Waals surface area contributed by atoms with Crippen molar-refractivity contribution in [1.29, 1.82) is 0 Å². The summed E-state index contributed by atoms with van der Waals surface area (Å²) in [4.78, 5) is 17.0. The molecule has 3 heterocycles. The molecule has 11 nitrogen and oxygen atoms in total. The smallest absolute Gasteiger partial charge is 0.268 e. The van der Waals surface area contributed by atoms with Crippen LogP contribution >= 0.6 is 11.3 Å². The van der Waals surface area contributed by atoms with Gasteiger partial charge in [-0.05, 0) is 35.9 Å². The predicted molar refractivity (Wildman–Crippen MR) is 122 cm³/mol. The zero-order valence-corrected chi connectivity index (χ0v) is 19.2. The fourth-order valence-corrected chi connectivity index (χ4v) is 5.49. The Morgan fingerprint density at radius 3 is 2.65 bits per heavy atom. The van der Waals surface area contributed by atoms with Crippen molar-refractivity contribution in [2.45, 2.75) is 23.2 Å². The molecule has 0 aliphatic rings. The van der Waals surface area contributed by atoms with E-state index < -0.39 is 22.0 Å². The number of aromatic nitrogens is 4. The van der Waals surface area contributed by atoms with E-state index in [2.05, 4.69) is 20.0 Å². The lowest BCUT2D eigenvalue weighted by Crippen LogP contribution is -2.32. The lowest BCUT2D eigenvalue weighted by Gasteiger charge is -2.14. The molecule has 4 rings (SSSR count). The lowest BCUT2D eigenvalue weighted by atomic mass is 10.1. The van der Waals surface area contributed by atoms with Crippen LogP contribution in [-0.4, -0.2) is 44.6 Å². The Bertz CT molecular complexity index is 1370. The molecule has 0 aliphatic carbocycles. The van der Waals surface area contributed by atoms with Crippen molar-refractivity contribution < 1.29 is 23.5 Å². The number of nitrogens with one attached hydrogen (secondary N) is 2. The Morgan fingerprint density at radius 2 is 1.94 bits per heavy atom. The number of amides is 1. The third-order valence-electron chi connectivity index (χ3n) is 4.89. The van der Waals surface area contributed by atoms with Crippen molar-refractivity contribution in [2.24, 2.45) is 0 Å². The number of rotatable bonds is 9. The summed E-state index contributed by atoms with van der Waals surface area (Å²) >= 11 is 1.12. The lowest BCUT2D eigenvalue weighted by molar-refractivity contribution is -0.133. The van der Waals surface area contributed by atoms with Crippen LogP contribution in [-0.2, 0) is 27.8 Å². The minimum Gasteiger partial charge on any atom is -0.508 e. The van der Waals surface area contributed by atoms with Crippen LogP contribution in [0.15, 0.2) is 71.3 Å². The second-order valence-corrected chi connectivity index (χ2v) is 10.3. The van der Waals surface area contributed by atoms with E-state index in [-0.39, 0.29) is 28.6 Å². The summed E-state index contributed by atoms with van der Waals surface area (Å²) in [5, 5.41) is 26.4. The van der Waals surface area contributed by atoms with Crippen molar-refractivity contribution in [3.8, 4) is 16.2 Å². The quantitative estimate of drug-likeness (QED) is 0.200. The minimum absolute atomic E-state index is 0.0838. The van der Waals surface area contributed by atoms with Crippen LogP contribution in [0.25, 0.3) is 10.4 Å². The van der Waals surface area contributed by atoms with Gasteiger partial charge in [-0.2, -0.15) is 0 Å². The number of hydrogen-bond acceptors (Lipinski definition) is 9. The number of sulfonamides is 1. The second-order valence-electron chi connectivity index (χ2n) is 7.24. The SMILES string of the molecule is O=C(NO)C(Cc1ccc(O)cc1)n1cc(CNS(=O)(=O)c2ccc(-c3cccnc3)s2)nn1. The molecule has 4 N–H and O–H groups in total. The molecule has 0 spiro atoms. The van der Waals surface area contributed by atoms with Gasteiger partial charge in [0.05, 0.1) is 18.4 Å². The van der Waals surface area contributed by atoms with Crippen LogP contribution in [0.5, 0.6) is 5.75 Å². The number of nitrogens with zero attached hydrogens (tertiary/aromatic N) is 4. The Kier molecular flexibility index (Phi) is 6.98. The number of phenols is 1. The first kappa shape index (κ1) is 23.5. The molecule has 1 atom stereocenters. The van der Waals surface area contributed by atoms with Crippen molar-refractivity contribution in [3.05, 3.63) is 78.4 Å². The van der Waals surface area contributed by atoms with Gasteiger partial charge < -0.3 is 5.11 Å². The van der Waals surface area contributed by atoms with Crippen LogP contribution in [0, 0.1) is 0 Å². The first-order chi connectivity index (χ1) is 16.4. The van der Waals surface area contributed by atoms with Gasteiger partial charge in [0.15, 0.2) is 0 Å². The van der Waals surface area contributed by atoms with E-state index in [0.717, 1.165) is 21.8 Å². The zero-order valence-electron chi connectivity index (χ0n) is 17.6. The zero-order chi connectivity index (χ0) is 24.1. The van der Waals surface area contributed by atoms with Crippen LogP contribution < -0.4 is 10.2 Å². The highest BCUT2D eigenvalue weighted by atomic mass is 32.2. The highest BCUT2D eigenvalue weighted by Gasteiger charge is 2.23. The van der Waals surface area contributed by atoms with Crippen molar-refractivity contribution in [1.82, 2.24) is 30.2 Å². The molecule has 0 fully saturated rings. The highest BCUT2D eigenvalue weighted by molar-refractivity contribution is 7.91. The first-order valence-electron chi connectivity index (χ1n) is 9.98. The maximum Gasteiger partial charge on any atom is 0.268 e. The fourth-order valence-electron chi connectivity index (χ4n) is 3.15. The van der Waals surface area contributed by atoms with Crippen molar-refractivity contribution >= 4 is 27.3 Å². The average Bonchev–Trinajstić information content (AvgIpc) is 3.53. The molecule has 0 saturated carbocycles. The molecule has 176 valence electrons. The largest absolute Gasteiger partial charge is 0.508 e. The van der Waals surface area contributed by atoms with Crippen LogP contribution in [0.4, 0.5) is 0 Å². The van der Waals surface area contributed by atoms with E-state index in [0.29, 0.717) is 5.56 Å². The molecule has 1 unspecified atom stereocenters. The monoisotopic (exact) mass is 500 g/mol. The molecule has 0 bridgehead atoms. The van der Waals surface area contributed by atoms with Crippen LogP contribution in [0.1, 0.15) is 17.3 Å². The molecule has 4 aromatic rings. The summed E-state index contributed by atoms with van der Waals surface area (Å²) in [5.41, 5.74) is 3.43. The number of carbonyl (C=O) groups excluding carboxylic acids is 1. The molecule has 13 heteroatoms. The fraction of sp³-hybridized carbons (Fsp3) is 0.143. The average molecular weight is 501 g/mol. The maximum atomic E-state index is 12.7. The Morgan fingerprint density at radius 1 is 1.15 bits per heavy atom. The van der Waals surface area contributed by atoms with Gasteiger partial charge in [0, 0.05) is 29.3 Å². The summed E-state index contributed by atoms with van der Waals surface area (Å²) in [6.07, 6.45) is 4.89. The second kappa shape index (κ2) is 10.1. The van der Waals surface area contributed by atoms with Gasteiger partial charge in [-0.15, -0.1) is 16.4 Å². The number of benzene rings is 1. The third kappa shape index (κ3) is 5.46. The summed E-state index contributed by atoms with van der Waals surface area (Å²) in [7, 11) is -3.80. The molecule has 0 aliphatic heterocycles. The number of phenolic OH excluding ortho intramolecular Hbond substituents is 1. The maximum absolute atomic E-state index is 12.7. The number of hydrogen-bond donors (Lipinski definition) is 4. The van der Waals surface area contributed by atoms with E-state index >= 15 is 0 Å². The van der Waals surface area contributed by atoms with Gasteiger partial charge in [-0.25, -0.2) is 23.3 Å². The first-order valence-corrected chi connectivity index (χ1v) is 12.3. The molecular weight excluding hydrogens is 480 g/mol. The Labute approximate surface area is 198 Å². The van der Waals surface area contributed by atoms with Crippen molar-refractivity contribution in [2.75, 3.05) is 0 Å². The van der Waals surface area contributed by atoms with E-state index in [1.54, 1.807) is 42.1 Å². The number of aromatic hydroxyl groups is 1. The molecule has 3 aromatic heterocycles. The molecular formula is C21H20N6O5S2. The molecule has 34 heavy (non-hydrogen) atoms. The number of pyridine rings is 1. The number of thiophene rings is 1. The molecule has 0 radical (unpaired) electrons. The van der Waals surface area contributed by atoms with E-state index in [1.165, 1.54) is 29.1 Å². The normalized spacial score (nSPS) is 12.4. The predicted octanol–water partition coefficient (Wildman–Crippen LogP) is 1.87. The summed E-state index contributed by atoms with van der Waals surface area (Å²) in [6, 6.07) is 12.2. The summed E-state index contributed by atoms with van der Waals surface area (Å²) in [6.45, 7) is -0.144. The van der Waals surface area contributed by atoms with E-state index in [1.807, 2.05) is 6.07 Å². The van der Waals surface area contributed by atoms with Gasteiger partial charge in [-0.3, -0.25) is 15.0 Å². The van der Waals surface area contributed by atoms with Gasteiger partial charge in [-0.1, -0.05) is 23.4 Å². The third-order valence-corrected chi connectivity index (χ3v) is 7.92. The van der Waals surface area contributed by atoms with Gasteiger partial charge >= 0.3 is 0 Å². The molecule has 1 amide bonds. The van der Waals surface area contributed by atoms with Gasteiger partial charge in [0.2, 0.25) is 10.0 Å². The minimum atomic E-state index is -3.80. The number of hydroxylamine groups is 1. The molecule has 0 saturated heterocycles. The summed E-state index contributed by atoms with van der Waals surface area (Å²) in [5.74, 6) is -0.632. The Balaban J connectivity index is 1.45. The van der Waals surface area contributed by atoms with E-state index in [9.17, 15) is 18.3 Å². The van der Waals surface area contributed by atoms with Crippen LogP contribution in [0.3, 0.4) is 0 Å². The topological polar surface area (TPSA) is 159 Å². The standard InChI is InChI=1S/C21H20N6O5S2/c28-17-5-3-14(4-6-17)10-18(21(29)25-30)27-13-16(24-26-27)12-23-34(31,32)20-8-7-19(33-20)15-2-1-9-22-11-15/h1-9,11,13,18,23,28,30H,10,12H2,(H,25,29). The number of carbonyl (C=O) groups is 1.